The number of amides is 1. The average molecular weight is 443 g/mol. The van der Waals surface area contributed by atoms with Crippen LogP contribution in [0.4, 0.5) is 4.39 Å². The first-order valence-corrected chi connectivity index (χ1v) is 11.7. The van der Waals surface area contributed by atoms with Gasteiger partial charge in [-0.05, 0) is 61.7 Å². The van der Waals surface area contributed by atoms with Crippen molar-refractivity contribution in [1.82, 2.24) is 19.8 Å². The second-order valence-corrected chi connectivity index (χ2v) is 9.36. The van der Waals surface area contributed by atoms with Crippen LogP contribution in [-0.2, 0) is 35.2 Å². The van der Waals surface area contributed by atoms with E-state index >= 15 is 0 Å². The third-order valence-electron chi connectivity index (χ3n) is 5.43. The molecule has 1 aromatic heterocycles. The van der Waals surface area contributed by atoms with Crippen LogP contribution in [0, 0.1) is 5.82 Å². The predicted octanol–water partition coefficient (Wildman–Crippen LogP) is 2.48. The summed E-state index contributed by atoms with van der Waals surface area (Å²) in [5.41, 5.74) is 4.30. The van der Waals surface area contributed by atoms with Crippen molar-refractivity contribution in [3.8, 4) is 5.69 Å². The molecule has 1 heterocycles. The molecule has 0 fully saturated rings. The summed E-state index contributed by atoms with van der Waals surface area (Å²) in [6.45, 7) is 0.187. The first kappa shape index (κ1) is 21.2. The maximum absolute atomic E-state index is 13.3. The van der Waals surface area contributed by atoms with Crippen LogP contribution in [0.2, 0.25) is 0 Å². The highest BCUT2D eigenvalue weighted by molar-refractivity contribution is 7.88. The Hall–Kier alpha value is -3.04. The summed E-state index contributed by atoms with van der Waals surface area (Å²) in [5.74, 6) is -0.806. The molecule has 0 saturated carbocycles. The molecule has 0 aliphatic heterocycles. The Morgan fingerprint density at radius 2 is 1.81 bits per heavy atom. The van der Waals surface area contributed by atoms with Gasteiger partial charge in [0.25, 0.3) is 5.91 Å². The van der Waals surface area contributed by atoms with E-state index in [9.17, 15) is 17.6 Å². The van der Waals surface area contributed by atoms with Gasteiger partial charge in [-0.1, -0.05) is 24.3 Å². The molecule has 1 aliphatic carbocycles. The van der Waals surface area contributed by atoms with E-state index in [1.807, 2.05) is 0 Å². The fourth-order valence-electron chi connectivity index (χ4n) is 3.82. The molecule has 2 aromatic carbocycles. The van der Waals surface area contributed by atoms with Crippen LogP contribution in [0.25, 0.3) is 5.69 Å². The van der Waals surface area contributed by atoms with Crippen LogP contribution < -0.4 is 10.0 Å². The summed E-state index contributed by atoms with van der Waals surface area (Å²) in [4.78, 5) is 13.0. The standard InChI is InChI=1S/C22H23FN4O3S/c1-24-31(29,30)14-16-6-3-2-5-15(16)13-25-22(28)21-19-7-4-8-20(19)27(26-21)18-11-9-17(23)10-12-18/h2-3,5-6,9-12,24H,4,7-8,13-14H2,1H3,(H,25,28). The molecule has 7 nitrogen and oxygen atoms in total. The summed E-state index contributed by atoms with van der Waals surface area (Å²) in [5, 5.41) is 7.39. The van der Waals surface area contributed by atoms with Gasteiger partial charge in [0.1, 0.15) is 5.82 Å². The zero-order chi connectivity index (χ0) is 22.0. The number of aromatic nitrogens is 2. The Balaban J connectivity index is 1.56. The second kappa shape index (κ2) is 8.60. The Bertz CT molecular complexity index is 1220. The van der Waals surface area contributed by atoms with Gasteiger partial charge in [-0.3, -0.25) is 4.79 Å². The number of nitrogens with zero attached hydrogens (tertiary/aromatic N) is 2. The number of benzene rings is 2. The summed E-state index contributed by atoms with van der Waals surface area (Å²) in [6.07, 6.45) is 2.49. The van der Waals surface area contributed by atoms with E-state index in [0.29, 0.717) is 16.9 Å². The Morgan fingerprint density at radius 3 is 2.52 bits per heavy atom. The van der Waals surface area contributed by atoms with Gasteiger partial charge in [0.05, 0.1) is 11.4 Å². The zero-order valence-corrected chi connectivity index (χ0v) is 17.9. The highest BCUT2D eigenvalue weighted by Gasteiger charge is 2.27. The number of fused-ring (bicyclic) bond motifs is 1. The summed E-state index contributed by atoms with van der Waals surface area (Å²) in [6, 6.07) is 13.1. The zero-order valence-electron chi connectivity index (χ0n) is 17.1. The van der Waals surface area contributed by atoms with E-state index in [4.69, 9.17) is 0 Å². The maximum atomic E-state index is 13.3. The van der Waals surface area contributed by atoms with Gasteiger partial charge in [-0.2, -0.15) is 5.10 Å². The fraction of sp³-hybridized carbons (Fsp3) is 0.273. The summed E-state index contributed by atoms with van der Waals surface area (Å²) < 4.78 is 41.2. The minimum absolute atomic E-state index is 0.163. The number of hydrogen-bond donors (Lipinski definition) is 2. The number of carbonyl (C=O) groups excluding carboxylic acids is 1. The molecule has 0 atom stereocenters. The van der Waals surface area contributed by atoms with Gasteiger partial charge in [0.15, 0.2) is 5.69 Å². The van der Waals surface area contributed by atoms with Gasteiger partial charge >= 0.3 is 0 Å². The number of halogens is 1. The second-order valence-electron chi connectivity index (χ2n) is 7.43. The molecule has 162 valence electrons. The van der Waals surface area contributed by atoms with Crippen LogP contribution in [0.1, 0.15) is 39.3 Å². The van der Waals surface area contributed by atoms with Crippen molar-refractivity contribution in [2.24, 2.45) is 0 Å². The Morgan fingerprint density at radius 1 is 1.10 bits per heavy atom. The quantitative estimate of drug-likeness (QED) is 0.588. The maximum Gasteiger partial charge on any atom is 0.272 e. The minimum Gasteiger partial charge on any atom is -0.347 e. The predicted molar refractivity (Wildman–Crippen MR) is 115 cm³/mol. The van der Waals surface area contributed by atoms with Crippen molar-refractivity contribution >= 4 is 15.9 Å². The number of nitrogens with one attached hydrogen (secondary N) is 2. The highest BCUT2D eigenvalue weighted by atomic mass is 32.2. The molecule has 9 heteroatoms. The van der Waals surface area contributed by atoms with Gasteiger partial charge in [0, 0.05) is 17.8 Å². The van der Waals surface area contributed by atoms with Crippen LogP contribution >= 0.6 is 0 Å². The van der Waals surface area contributed by atoms with Crippen molar-refractivity contribution in [1.29, 1.82) is 0 Å². The average Bonchev–Trinajstić information content (AvgIpc) is 3.36. The molecule has 1 amide bonds. The molecule has 4 rings (SSSR count). The van der Waals surface area contributed by atoms with Gasteiger partial charge < -0.3 is 5.32 Å². The van der Waals surface area contributed by atoms with Gasteiger partial charge in [-0.25, -0.2) is 22.2 Å². The lowest BCUT2D eigenvalue weighted by molar-refractivity contribution is 0.0944. The highest BCUT2D eigenvalue weighted by Crippen LogP contribution is 2.28. The lowest BCUT2D eigenvalue weighted by Gasteiger charge is -2.11. The van der Waals surface area contributed by atoms with E-state index in [0.717, 1.165) is 36.1 Å². The molecule has 0 radical (unpaired) electrons. The largest absolute Gasteiger partial charge is 0.347 e. The normalized spacial score (nSPS) is 13.2. The number of carbonyl (C=O) groups is 1. The van der Waals surface area contributed by atoms with Crippen LogP contribution in [0.5, 0.6) is 0 Å². The molecule has 0 bridgehead atoms. The number of hydrogen-bond acceptors (Lipinski definition) is 4. The summed E-state index contributed by atoms with van der Waals surface area (Å²) >= 11 is 0. The van der Waals surface area contributed by atoms with Crippen molar-refractivity contribution in [3.05, 3.63) is 82.4 Å². The molecular weight excluding hydrogens is 419 g/mol. The molecule has 31 heavy (non-hydrogen) atoms. The van der Waals surface area contributed by atoms with Crippen molar-refractivity contribution < 1.29 is 17.6 Å². The van der Waals surface area contributed by atoms with E-state index in [1.54, 1.807) is 41.1 Å². The minimum atomic E-state index is -3.43. The third kappa shape index (κ3) is 4.52. The van der Waals surface area contributed by atoms with E-state index in [1.165, 1.54) is 19.2 Å². The Kier molecular flexibility index (Phi) is 5.88. The smallest absolute Gasteiger partial charge is 0.272 e. The molecule has 2 N–H and O–H groups in total. The first-order valence-electron chi connectivity index (χ1n) is 10.0. The first-order chi connectivity index (χ1) is 14.9. The van der Waals surface area contributed by atoms with Crippen molar-refractivity contribution in [2.75, 3.05) is 7.05 Å². The third-order valence-corrected chi connectivity index (χ3v) is 6.74. The lowest BCUT2D eigenvalue weighted by atomic mass is 10.1. The van der Waals surface area contributed by atoms with E-state index in [-0.39, 0.29) is 24.0 Å². The monoisotopic (exact) mass is 442 g/mol. The SMILES string of the molecule is CNS(=O)(=O)Cc1ccccc1CNC(=O)c1nn(-c2ccc(F)cc2)c2c1CCC2. The molecule has 1 aliphatic rings. The lowest BCUT2D eigenvalue weighted by Crippen LogP contribution is -2.26. The van der Waals surface area contributed by atoms with Gasteiger partial charge in [-0.15, -0.1) is 0 Å². The molecule has 3 aromatic rings. The van der Waals surface area contributed by atoms with Crippen LogP contribution in [0.3, 0.4) is 0 Å². The number of sulfonamides is 1. The Labute approximate surface area is 180 Å². The topological polar surface area (TPSA) is 93.1 Å². The number of rotatable bonds is 7. The molecule has 0 saturated heterocycles. The van der Waals surface area contributed by atoms with Crippen LogP contribution in [0.15, 0.2) is 48.5 Å². The molecule has 0 unspecified atom stereocenters. The molecular formula is C22H23FN4O3S. The van der Waals surface area contributed by atoms with Crippen LogP contribution in [-0.4, -0.2) is 31.2 Å². The molecule has 0 spiro atoms. The van der Waals surface area contributed by atoms with E-state index < -0.39 is 10.0 Å². The fourth-order valence-corrected chi connectivity index (χ4v) is 4.66. The van der Waals surface area contributed by atoms with E-state index in [2.05, 4.69) is 15.1 Å². The van der Waals surface area contributed by atoms with Crippen molar-refractivity contribution in [3.63, 3.8) is 0 Å². The van der Waals surface area contributed by atoms with Gasteiger partial charge in [0.2, 0.25) is 10.0 Å². The summed E-state index contributed by atoms with van der Waals surface area (Å²) in [7, 11) is -2.06. The van der Waals surface area contributed by atoms with Crippen molar-refractivity contribution in [2.45, 2.75) is 31.6 Å².